The molecule has 3 aromatic carbocycles. The predicted molar refractivity (Wildman–Crippen MR) is 123 cm³/mol. The molecule has 33 heavy (non-hydrogen) atoms. The molecule has 0 spiro atoms. The smallest absolute Gasteiger partial charge is 0.271 e. The van der Waals surface area contributed by atoms with Crippen molar-refractivity contribution >= 4 is 45.1 Å². The Kier molecular flexibility index (Phi) is 7.26. The van der Waals surface area contributed by atoms with Crippen LogP contribution >= 0.6 is 11.6 Å². The number of methoxy groups -OCH3 is 1. The lowest BCUT2D eigenvalue weighted by Crippen LogP contribution is -2.19. The van der Waals surface area contributed by atoms with E-state index in [2.05, 4.69) is 15.2 Å². The summed E-state index contributed by atoms with van der Waals surface area (Å²) >= 11 is 5.98. The number of ether oxygens (including phenoxy) is 1. The fraction of sp³-hybridized carbons (Fsp3) is 0.0476. The number of benzene rings is 3. The summed E-state index contributed by atoms with van der Waals surface area (Å²) in [5, 5.41) is 14.8. The SMILES string of the molecule is COc1ccc(NS(=O)(=O)c2cccc(C(=O)N/N=C/c3cc([N+](=O)[O-])ccc3Cl)c2)cc1. The molecule has 0 atom stereocenters. The van der Waals surface area contributed by atoms with Gasteiger partial charge in [-0.25, -0.2) is 13.8 Å². The monoisotopic (exact) mass is 488 g/mol. The maximum Gasteiger partial charge on any atom is 0.271 e. The first-order valence-electron chi connectivity index (χ1n) is 9.24. The van der Waals surface area contributed by atoms with Crippen LogP contribution in [0.5, 0.6) is 5.75 Å². The minimum Gasteiger partial charge on any atom is -0.497 e. The van der Waals surface area contributed by atoms with Gasteiger partial charge in [0.05, 0.1) is 23.1 Å². The minimum absolute atomic E-state index is 0.0369. The molecule has 0 aliphatic heterocycles. The summed E-state index contributed by atoms with van der Waals surface area (Å²) in [7, 11) is -2.46. The Balaban J connectivity index is 1.73. The van der Waals surface area contributed by atoms with E-state index in [0.29, 0.717) is 11.4 Å². The Labute approximate surface area is 194 Å². The molecular weight excluding hydrogens is 472 g/mol. The number of nitro groups is 1. The zero-order valence-electron chi connectivity index (χ0n) is 17.1. The molecule has 0 aromatic heterocycles. The number of nitrogens with one attached hydrogen (secondary N) is 2. The third-order valence-electron chi connectivity index (χ3n) is 4.31. The molecule has 3 aromatic rings. The van der Waals surface area contributed by atoms with Gasteiger partial charge in [0.2, 0.25) is 0 Å². The van der Waals surface area contributed by atoms with E-state index in [4.69, 9.17) is 16.3 Å². The van der Waals surface area contributed by atoms with E-state index < -0.39 is 20.9 Å². The maximum absolute atomic E-state index is 12.7. The van der Waals surface area contributed by atoms with E-state index in [1.807, 2.05) is 0 Å². The molecule has 0 radical (unpaired) electrons. The molecule has 2 N–H and O–H groups in total. The Morgan fingerprint density at radius 3 is 2.52 bits per heavy atom. The van der Waals surface area contributed by atoms with Crippen molar-refractivity contribution in [2.45, 2.75) is 4.90 Å². The highest BCUT2D eigenvalue weighted by Crippen LogP contribution is 2.21. The molecule has 0 saturated carbocycles. The summed E-state index contributed by atoms with van der Waals surface area (Å²) in [4.78, 5) is 22.6. The summed E-state index contributed by atoms with van der Waals surface area (Å²) in [6.45, 7) is 0. The number of nitrogens with zero attached hydrogens (tertiary/aromatic N) is 2. The third-order valence-corrected chi connectivity index (χ3v) is 6.03. The van der Waals surface area contributed by atoms with Gasteiger partial charge in [0.25, 0.3) is 21.6 Å². The molecule has 0 bridgehead atoms. The zero-order chi connectivity index (χ0) is 24.0. The van der Waals surface area contributed by atoms with E-state index >= 15 is 0 Å². The number of anilines is 1. The number of rotatable bonds is 8. The van der Waals surface area contributed by atoms with Crippen molar-refractivity contribution in [3.05, 3.63) is 93.0 Å². The highest BCUT2D eigenvalue weighted by atomic mass is 35.5. The third kappa shape index (κ3) is 6.05. The number of nitro benzene ring substituents is 1. The lowest BCUT2D eigenvalue weighted by Gasteiger charge is -2.10. The normalized spacial score (nSPS) is 11.2. The zero-order valence-corrected chi connectivity index (χ0v) is 18.6. The van der Waals surface area contributed by atoms with Gasteiger partial charge < -0.3 is 4.74 Å². The molecule has 0 unspecified atom stereocenters. The van der Waals surface area contributed by atoms with E-state index in [0.717, 1.165) is 6.21 Å². The minimum atomic E-state index is -3.96. The van der Waals surface area contributed by atoms with Crippen molar-refractivity contribution in [2.24, 2.45) is 5.10 Å². The van der Waals surface area contributed by atoms with Gasteiger partial charge in [-0.15, -0.1) is 0 Å². The van der Waals surface area contributed by atoms with Crippen molar-refractivity contribution in [3.8, 4) is 5.75 Å². The fourth-order valence-corrected chi connectivity index (χ4v) is 3.92. The van der Waals surface area contributed by atoms with Gasteiger partial charge in [0.1, 0.15) is 5.75 Å². The number of amides is 1. The second-order valence-electron chi connectivity index (χ2n) is 6.52. The fourth-order valence-electron chi connectivity index (χ4n) is 2.65. The number of hydrazone groups is 1. The average molecular weight is 489 g/mol. The summed E-state index contributed by atoms with van der Waals surface area (Å²) in [5.74, 6) is -0.113. The number of halogens is 1. The average Bonchev–Trinajstić information content (AvgIpc) is 2.80. The Hall–Kier alpha value is -3.96. The first-order valence-corrected chi connectivity index (χ1v) is 11.1. The van der Waals surface area contributed by atoms with Gasteiger partial charge in [-0.1, -0.05) is 17.7 Å². The Morgan fingerprint density at radius 1 is 1.12 bits per heavy atom. The first-order chi connectivity index (χ1) is 15.7. The molecule has 12 heteroatoms. The van der Waals surface area contributed by atoms with Crippen LogP contribution < -0.4 is 14.9 Å². The van der Waals surface area contributed by atoms with Crippen LogP contribution in [-0.2, 0) is 10.0 Å². The molecule has 0 fully saturated rings. The van der Waals surface area contributed by atoms with Crippen LogP contribution in [0.1, 0.15) is 15.9 Å². The number of non-ortho nitro benzene ring substituents is 1. The van der Waals surface area contributed by atoms with Gasteiger partial charge in [-0.2, -0.15) is 5.10 Å². The van der Waals surface area contributed by atoms with Crippen LogP contribution in [-0.4, -0.2) is 32.6 Å². The molecule has 0 saturated heterocycles. The number of hydrogen-bond acceptors (Lipinski definition) is 7. The van der Waals surface area contributed by atoms with Crippen LogP contribution in [0.2, 0.25) is 5.02 Å². The van der Waals surface area contributed by atoms with Crippen LogP contribution in [0.4, 0.5) is 11.4 Å². The molecular formula is C21H17ClN4O6S. The van der Waals surface area contributed by atoms with Crippen LogP contribution in [0.25, 0.3) is 0 Å². The lowest BCUT2D eigenvalue weighted by atomic mass is 10.2. The topological polar surface area (TPSA) is 140 Å². The molecule has 10 nitrogen and oxygen atoms in total. The van der Waals surface area contributed by atoms with Crippen molar-refractivity contribution < 1.29 is 22.9 Å². The Morgan fingerprint density at radius 2 is 1.85 bits per heavy atom. The molecule has 0 aliphatic rings. The molecule has 0 aliphatic carbocycles. The standard InChI is InChI=1S/C21H17ClN4O6S/c1-32-18-8-5-16(6-9-18)25-33(30,31)19-4-2-3-14(12-19)21(27)24-23-13-15-11-17(26(28)29)7-10-20(15)22/h2-13,25H,1H3,(H,24,27)/b23-13+. The van der Waals surface area contributed by atoms with E-state index in [1.165, 1.54) is 49.6 Å². The van der Waals surface area contributed by atoms with Crippen molar-refractivity contribution in [1.82, 2.24) is 5.43 Å². The number of carbonyl (C=O) groups is 1. The second kappa shape index (κ2) is 10.1. The summed E-state index contributed by atoms with van der Waals surface area (Å²) in [6, 6.07) is 15.4. The number of hydrogen-bond donors (Lipinski definition) is 2. The highest BCUT2D eigenvalue weighted by molar-refractivity contribution is 7.92. The van der Waals surface area contributed by atoms with Crippen LogP contribution in [0.15, 0.2) is 76.7 Å². The van der Waals surface area contributed by atoms with Gasteiger partial charge in [0.15, 0.2) is 0 Å². The van der Waals surface area contributed by atoms with Gasteiger partial charge >= 0.3 is 0 Å². The van der Waals surface area contributed by atoms with Gasteiger partial charge in [0, 0.05) is 34.0 Å². The lowest BCUT2D eigenvalue weighted by molar-refractivity contribution is -0.384. The molecule has 3 rings (SSSR count). The van der Waals surface area contributed by atoms with Crippen molar-refractivity contribution in [2.75, 3.05) is 11.8 Å². The number of carbonyl (C=O) groups excluding carboxylic acids is 1. The predicted octanol–water partition coefficient (Wildman–Crippen LogP) is 3.82. The van der Waals surface area contributed by atoms with E-state index in [-0.39, 0.29) is 26.7 Å². The summed E-state index contributed by atoms with van der Waals surface area (Å²) < 4.78 is 32.8. The largest absolute Gasteiger partial charge is 0.497 e. The first kappa shape index (κ1) is 23.7. The summed E-state index contributed by atoms with van der Waals surface area (Å²) in [6.07, 6.45) is 1.15. The maximum atomic E-state index is 12.7. The van der Waals surface area contributed by atoms with E-state index in [9.17, 15) is 23.3 Å². The van der Waals surface area contributed by atoms with Crippen LogP contribution in [0, 0.1) is 10.1 Å². The van der Waals surface area contributed by atoms with Gasteiger partial charge in [-0.3, -0.25) is 19.6 Å². The summed E-state index contributed by atoms with van der Waals surface area (Å²) in [5.41, 5.74) is 2.64. The second-order valence-corrected chi connectivity index (χ2v) is 8.61. The number of sulfonamides is 1. The van der Waals surface area contributed by atoms with Gasteiger partial charge in [-0.05, 0) is 48.5 Å². The van der Waals surface area contributed by atoms with Crippen LogP contribution in [0.3, 0.4) is 0 Å². The Bertz CT molecular complexity index is 1330. The van der Waals surface area contributed by atoms with E-state index in [1.54, 1.807) is 24.3 Å². The quantitative estimate of drug-likeness (QED) is 0.280. The molecule has 0 heterocycles. The van der Waals surface area contributed by atoms with Crippen molar-refractivity contribution in [3.63, 3.8) is 0 Å². The molecule has 170 valence electrons. The highest BCUT2D eigenvalue weighted by Gasteiger charge is 2.17. The van der Waals surface area contributed by atoms with Crippen molar-refractivity contribution in [1.29, 1.82) is 0 Å². The molecule has 1 amide bonds.